The van der Waals surface area contributed by atoms with E-state index in [1.165, 1.54) is 0 Å². The lowest BCUT2D eigenvalue weighted by molar-refractivity contribution is 1.06. The monoisotopic (exact) mass is 233 g/mol. The summed E-state index contributed by atoms with van der Waals surface area (Å²) in [5, 5.41) is 0.712. The summed E-state index contributed by atoms with van der Waals surface area (Å²) in [5.41, 5.74) is 2.84. The van der Waals surface area contributed by atoms with Crippen LogP contribution in [0.2, 0.25) is 5.02 Å². The van der Waals surface area contributed by atoms with E-state index in [-0.39, 0.29) is 5.56 Å². The number of aromatic amines is 1. The number of H-pyrrole nitrogens is 1. The smallest absolute Gasteiger partial charge is 0.251 e. The molecule has 2 nitrogen and oxygen atoms in total. The number of hydrogen-bond acceptors (Lipinski definition) is 1. The van der Waals surface area contributed by atoms with Crippen LogP contribution in [0.25, 0.3) is 11.1 Å². The fraction of sp³-hybridized carbons (Fsp3) is 0.154. The molecule has 1 aromatic heterocycles. The van der Waals surface area contributed by atoms with Gasteiger partial charge in [0.05, 0.1) is 0 Å². The van der Waals surface area contributed by atoms with Gasteiger partial charge in [-0.3, -0.25) is 4.79 Å². The molecular formula is C13H12ClNO. The molecular weight excluding hydrogens is 222 g/mol. The van der Waals surface area contributed by atoms with Gasteiger partial charge in [-0.25, -0.2) is 0 Å². The summed E-state index contributed by atoms with van der Waals surface area (Å²) in [7, 11) is 0. The zero-order valence-electron chi connectivity index (χ0n) is 8.96. The Labute approximate surface area is 98.9 Å². The van der Waals surface area contributed by atoms with Gasteiger partial charge in [0, 0.05) is 16.8 Å². The molecule has 16 heavy (non-hydrogen) atoms. The Kier molecular flexibility index (Phi) is 3.11. The van der Waals surface area contributed by atoms with Gasteiger partial charge in [-0.05, 0) is 35.7 Å². The summed E-state index contributed by atoms with van der Waals surface area (Å²) in [6.45, 7) is 1.97. The molecule has 2 rings (SSSR count). The van der Waals surface area contributed by atoms with Gasteiger partial charge in [0.25, 0.3) is 5.56 Å². The Morgan fingerprint density at radius 2 is 1.88 bits per heavy atom. The van der Waals surface area contributed by atoms with Crippen molar-refractivity contribution in [1.29, 1.82) is 0 Å². The van der Waals surface area contributed by atoms with Crippen LogP contribution in [0.15, 0.2) is 41.3 Å². The van der Waals surface area contributed by atoms with Gasteiger partial charge in [0.2, 0.25) is 0 Å². The zero-order valence-corrected chi connectivity index (χ0v) is 9.71. The highest BCUT2D eigenvalue weighted by Gasteiger charge is 2.01. The van der Waals surface area contributed by atoms with Crippen molar-refractivity contribution >= 4 is 11.6 Å². The van der Waals surface area contributed by atoms with Crippen LogP contribution in [0, 0.1) is 0 Å². The molecule has 1 aromatic carbocycles. The third kappa shape index (κ3) is 2.17. The molecule has 0 saturated heterocycles. The lowest BCUT2D eigenvalue weighted by Crippen LogP contribution is -2.10. The summed E-state index contributed by atoms with van der Waals surface area (Å²) in [5.74, 6) is 0. The first-order chi connectivity index (χ1) is 7.70. The molecule has 0 spiro atoms. The molecule has 82 valence electrons. The number of hydrogen-bond donors (Lipinski definition) is 1. The van der Waals surface area contributed by atoms with Gasteiger partial charge in [0.1, 0.15) is 0 Å². The van der Waals surface area contributed by atoms with E-state index in [9.17, 15) is 4.79 Å². The van der Waals surface area contributed by atoms with Crippen LogP contribution >= 0.6 is 11.6 Å². The van der Waals surface area contributed by atoms with Crippen molar-refractivity contribution in [3.63, 3.8) is 0 Å². The molecule has 1 N–H and O–H groups in total. The molecule has 1 heterocycles. The van der Waals surface area contributed by atoms with E-state index in [0.717, 1.165) is 23.1 Å². The van der Waals surface area contributed by atoms with E-state index in [4.69, 9.17) is 11.6 Å². The lowest BCUT2D eigenvalue weighted by Gasteiger charge is -2.03. The second-order valence-electron chi connectivity index (χ2n) is 3.60. The Bertz CT molecular complexity index is 543. The minimum absolute atomic E-state index is 0.0137. The number of halogens is 1. The molecule has 0 fully saturated rings. The van der Waals surface area contributed by atoms with Crippen molar-refractivity contribution in [3.05, 3.63) is 57.5 Å². The van der Waals surface area contributed by atoms with E-state index in [1.54, 1.807) is 6.20 Å². The Morgan fingerprint density at radius 3 is 2.50 bits per heavy atom. The van der Waals surface area contributed by atoms with Crippen molar-refractivity contribution in [3.8, 4) is 11.1 Å². The fourth-order valence-electron chi connectivity index (χ4n) is 1.60. The summed E-state index contributed by atoms with van der Waals surface area (Å²) in [4.78, 5) is 14.2. The maximum atomic E-state index is 11.4. The molecule has 0 radical (unpaired) electrons. The summed E-state index contributed by atoms with van der Waals surface area (Å²) < 4.78 is 0. The zero-order chi connectivity index (χ0) is 11.5. The first kappa shape index (κ1) is 11.0. The number of pyridine rings is 1. The van der Waals surface area contributed by atoms with E-state index < -0.39 is 0 Å². The predicted molar refractivity (Wildman–Crippen MR) is 66.9 cm³/mol. The maximum absolute atomic E-state index is 11.4. The second-order valence-corrected chi connectivity index (χ2v) is 4.04. The highest BCUT2D eigenvalue weighted by molar-refractivity contribution is 6.30. The van der Waals surface area contributed by atoms with E-state index in [2.05, 4.69) is 4.98 Å². The van der Waals surface area contributed by atoms with E-state index in [1.807, 2.05) is 37.3 Å². The highest BCUT2D eigenvalue weighted by Crippen LogP contribution is 2.20. The quantitative estimate of drug-likeness (QED) is 0.849. The molecule has 0 amide bonds. The van der Waals surface area contributed by atoms with E-state index >= 15 is 0 Å². The number of benzene rings is 1. The SMILES string of the molecule is CCc1cc(-c2ccc(Cl)cc2)c[nH]c1=O. The van der Waals surface area contributed by atoms with Gasteiger partial charge in [0.15, 0.2) is 0 Å². The number of rotatable bonds is 2. The second kappa shape index (κ2) is 4.54. The third-order valence-electron chi connectivity index (χ3n) is 2.54. The molecule has 2 aromatic rings. The predicted octanol–water partition coefficient (Wildman–Crippen LogP) is 3.26. The van der Waals surface area contributed by atoms with Crippen molar-refractivity contribution in [2.75, 3.05) is 0 Å². The molecule has 0 bridgehead atoms. The summed E-state index contributed by atoms with van der Waals surface area (Å²) in [6.07, 6.45) is 2.46. The minimum atomic E-state index is -0.0137. The Balaban J connectivity index is 2.48. The van der Waals surface area contributed by atoms with Gasteiger partial charge < -0.3 is 4.98 Å². The molecule has 0 aliphatic heterocycles. The van der Waals surface area contributed by atoms with Gasteiger partial charge >= 0.3 is 0 Å². The van der Waals surface area contributed by atoms with Crippen LogP contribution in [0.4, 0.5) is 0 Å². The molecule has 0 saturated carbocycles. The molecule has 0 atom stereocenters. The molecule has 0 aliphatic carbocycles. The minimum Gasteiger partial charge on any atom is -0.328 e. The van der Waals surface area contributed by atoms with Crippen molar-refractivity contribution < 1.29 is 0 Å². The topological polar surface area (TPSA) is 32.9 Å². The fourth-order valence-corrected chi connectivity index (χ4v) is 1.73. The van der Waals surface area contributed by atoms with Crippen LogP contribution in [-0.2, 0) is 6.42 Å². The average Bonchev–Trinajstić information content (AvgIpc) is 2.31. The number of nitrogens with one attached hydrogen (secondary N) is 1. The van der Waals surface area contributed by atoms with Crippen molar-refractivity contribution in [1.82, 2.24) is 4.98 Å². The standard InChI is InChI=1S/C13H12ClNO/c1-2-9-7-11(8-15-13(9)16)10-3-5-12(14)6-4-10/h3-8H,2H2,1H3,(H,15,16). The van der Waals surface area contributed by atoms with Crippen LogP contribution in [0.1, 0.15) is 12.5 Å². The van der Waals surface area contributed by atoms with Crippen LogP contribution in [-0.4, -0.2) is 4.98 Å². The number of aromatic nitrogens is 1. The molecule has 3 heteroatoms. The third-order valence-corrected chi connectivity index (χ3v) is 2.79. The first-order valence-corrected chi connectivity index (χ1v) is 5.56. The average molecular weight is 234 g/mol. The lowest BCUT2D eigenvalue weighted by atomic mass is 10.1. The van der Waals surface area contributed by atoms with Gasteiger partial charge in [-0.2, -0.15) is 0 Å². The van der Waals surface area contributed by atoms with Crippen LogP contribution < -0.4 is 5.56 Å². The summed E-state index contributed by atoms with van der Waals surface area (Å²) in [6, 6.07) is 9.48. The van der Waals surface area contributed by atoms with Crippen LogP contribution in [0.5, 0.6) is 0 Å². The van der Waals surface area contributed by atoms with Crippen molar-refractivity contribution in [2.45, 2.75) is 13.3 Å². The summed E-state index contributed by atoms with van der Waals surface area (Å²) >= 11 is 5.83. The number of aryl methyl sites for hydroxylation is 1. The van der Waals surface area contributed by atoms with Gasteiger partial charge in [-0.15, -0.1) is 0 Å². The maximum Gasteiger partial charge on any atom is 0.251 e. The Morgan fingerprint density at radius 1 is 1.19 bits per heavy atom. The van der Waals surface area contributed by atoms with E-state index in [0.29, 0.717) is 5.02 Å². The van der Waals surface area contributed by atoms with Crippen LogP contribution in [0.3, 0.4) is 0 Å². The first-order valence-electron chi connectivity index (χ1n) is 5.18. The van der Waals surface area contributed by atoms with Gasteiger partial charge in [-0.1, -0.05) is 30.7 Å². The largest absolute Gasteiger partial charge is 0.328 e. The highest BCUT2D eigenvalue weighted by atomic mass is 35.5. The normalized spacial score (nSPS) is 10.4. The molecule has 0 aliphatic rings. The van der Waals surface area contributed by atoms with Crippen molar-refractivity contribution in [2.24, 2.45) is 0 Å². The Hall–Kier alpha value is -1.54. The molecule has 0 unspecified atom stereocenters.